The number of likely N-dealkylation sites (N-methyl/N-ethyl adjacent to an activating group) is 1. The molecule has 0 bridgehead atoms. The Bertz CT molecular complexity index is 405. The minimum Gasteiger partial charge on any atom is -0.316 e. The second-order valence-corrected chi connectivity index (χ2v) is 6.28. The summed E-state index contributed by atoms with van der Waals surface area (Å²) in [5.74, 6) is 1.63. The molecule has 100 valence electrons. The molecule has 0 heterocycles. The molecular weight excluding hydrogens is 265 g/mol. The van der Waals surface area contributed by atoms with Gasteiger partial charge in [0.15, 0.2) is 0 Å². The molecule has 0 saturated heterocycles. The average molecular weight is 286 g/mol. The van der Waals surface area contributed by atoms with Crippen molar-refractivity contribution in [3.8, 4) is 0 Å². The molecule has 3 unspecified atom stereocenters. The molecule has 0 aliphatic heterocycles. The van der Waals surface area contributed by atoms with Crippen molar-refractivity contribution < 1.29 is 0 Å². The van der Waals surface area contributed by atoms with Crippen molar-refractivity contribution >= 4 is 23.2 Å². The predicted octanol–water partition coefficient (Wildman–Crippen LogP) is 4.56. The Labute approximate surface area is 120 Å². The molecule has 0 radical (unpaired) electrons. The van der Waals surface area contributed by atoms with Crippen molar-refractivity contribution in [3.05, 3.63) is 33.8 Å². The number of halogens is 2. The molecule has 18 heavy (non-hydrogen) atoms. The molecule has 1 aliphatic rings. The third-order valence-corrected chi connectivity index (χ3v) is 5.00. The lowest BCUT2D eigenvalue weighted by atomic mass is 9.91. The lowest BCUT2D eigenvalue weighted by Crippen LogP contribution is -2.34. The van der Waals surface area contributed by atoms with Crippen molar-refractivity contribution in [2.24, 2.45) is 11.8 Å². The van der Waals surface area contributed by atoms with Gasteiger partial charge in [0.2, 0.25) is 0 Å². The van der Waals surface area contributed by atoms with Gasteiger partial charge in [-0.05, 0) is 49.8 Å². The number of benzene rings is 1. The van der Waals surface area contributed by atoms with E-state index in [2.05, 4.69) is 18.3 Å². The van der Waals surface area contributed by atoms with Gasteiger partial charge in [-0.15, -0.1) is 0 Å². The zero-order chi connectivity index (χ0) is 13.1. The highest BCUT2D eigenvalue weighted by Gasteiger charge is 2.28. The van der Waals surface area contributed by atoms with Crippen LogP contribution in [0.4, 0.5) is 0 Å². The van der Waals surface area contributed by atoms with Crippen LogP contribution in [0.15, 0.2) is 18.2 Å². The fourth-order valence-electron chi connectivity index (χ4n) is 3.06. The first kappa shape index (κ1) is 14.2. The van der Waals surface area contributed by atoms with Crippen molar-refractivity contribution in [1.29, 1.82) is 0 Å². The first-order valence-corrected chi connectivity index (χ1v) is 7.47. The summed E-state index contributed by atoms with van der Waals surface area (Å²) in [5, 5.41) is 4.83. The lowest BCUT2D eigenvalue weighted by Gasteiger charge is -2.24. The summed E-state index contributed by atoms with van der Waals surface area (Å²) in [5.41, 5.74) is 1.16. The third-order valence-electron chi connectivity index (χ3n) is 4.15. The fourth-order valence-corrected chi connectivity index (χ4v) is 3.46. The van der Waals surface area contributed by atoms with Crippen LogP contribution in [0.2, 0.25) is 10.0 Å². The molecule has 3 atom stereocenters. The second kappa shape index (κ2) is 6.27. The molecule has 1 saturated carbocycles. The Kier molecular flexibility index (Phi) is 4.94. The zero-order valence-electron chi connectivity index (χ0n) is 11.0. The van der Waals surface area contributed by atoms with Crippen LogP contribution < -0.4 is 5.32 Å². The third kappa shape index (κ3) is 3.20. The van der Waals surface area contributed by atoms with Crippen LogP contribution in [-0.2, 0) is 6.42 Å². The Balaban J connectivity index is 2.08. The van der Waals surface area contributed by atoms with Crippen LogP contribution in [-0.4, -0.2) is 13.1 Å². The number of nitrogens with one attached hydrogen (secondary N) is 1. The van der Waals surface area contributed by atoms with E-state index in [9.17, 15) is 0 Å². The summed E-state index contributed by atoms with van der Waals surface area (Å²) in [6.07, 6.45) is 4.97. The van der Waals surface area contributed by atoms with Crippen molar-refractivity contribution in [1.82, 2.24) is 5.32 Å². The van der Waals surface area contributed by atoms with Gasteiger partial charge in [0.1, 0.15) is 0 Å². The van der Waals surface area contributed by atoms with Gasteiger partial charge >= 0.3 is 0 Å². The highest BCUT2D eigenvalue weighted by molar-refractivity contribution is 6.42. The van der Waals surface area contributed by atoms with Gasteiger partial charge in [-0.2, -0.15) is 0 Å². The minimum absolute atomic E-state index is 0.505. The first-order valence-electron chi connectivity index (χ1n) is 6.72. The summed E-state index contributed by atoms with van der Waals surface area (Å²) >= 11 is 12.3. The molecule has 1 N–H and O–H groups in total. The predicted molar refractivity (Wildman–Crippen MR) is 79.5 cm³/mol. The Hall–Kier alpha value is -0.240. The standard InChI is InChI=1S/C15H21Cl2N/c1-10-6-7-11(8-10)14(18-2)9-12-4-3-5-13(16)15(12)17/h3-5,10-11,14,18H,6-9H2,1-2H3. The average Bonchev–Trinajstić information content (AvgIpc) is 2.78. The maximum atomic E-state index is 6.27. The van der Waals surface area contributed by atoms with E-state index in [0.717, 1.165) is 23.8 Å². The zero-order valence-corrected chi connectivity index (χ0v) is 12.6. The fraction of sp³-hybridized carbons (Fsp3) is 0.600. The van der Waals surface area contributed by atoms with Gasteiger partial charge in [0, 0.05) is 6.04 Å². The maximum absolute atomic E-state index is 6.27. The van der Waals surface area contributed by atoms with Crippen molar-refractivity contribution in [3.63, 3.8) is 0 Å². The van der Waals surface area contributed by atoms with Crippen molar-refractivity contribution in [2.75, 3.05) is 7.05 Å². The maximum Gasteiger partial charge on any atom is 0.0624 e. The van der Waals surface area contributed by atoms with Gasteiger partial charge in [0.25, 0.3) is 0 Å². The molecule has 1 aliphatic carbocycles. The molecule has 0 aromatic heterocycles. The van der Waals surface area contributed by atoms with Crippen LogP contribution in [0.1, 0.15) is 31.7 Å². The largest absolute Gasteiger partial charge is 0.316 e. The van der Waals surface area contributed by atoms with E-state index in [1.807, 2.05) is 19.2 Å². The SMILES string of the molecule is CNC(Cc1cccc(Cl)c1Cl)C1CCC(C)C1. The molecule has 1 nitrogen and oxygen atoms in total. The van der Waals surface area contributed by atoms with E-state index in [4.69, 9.17) is 23.2 Å². The number of rotatable bonds is 4. The molecule has 0 amide bonds. The van der Waals surface area contributed by atoms with E-state index in [0.29, 0.717) is 16.1 Å². The van der Waals surface area contributed by atoms with Crippen LogP contribution in [0.3, 0.4) is 0 Å². The van der Waals surface area contributed by atoms with Gasteiger partial charge in [-0.3, -0.25) is 0 Å². The summed E-state index contributed by atoms with van der Waals surface area (Å²) in [7, 11) is 2.05. The summed E-state index contributed by atoms with van der Waals surface area (Å²) in [6, 6.07) is 6.41. The monoisotopic (exact) mass is 285 g/mol. The topological polar surface area (TPSA) is 12.0 Å². The van der Waals surface area contributed by atoms with E-state index in [1.165, 1.54) is 19.3 Å². The Morgan fingerprint density at radius 1 is 1.33 bits per heavy atom. The molecule has 1 aromatic rings. The number of hydrogen-bond acceptors (Lipinski definition) is 1. The van der Waals surface area contributed by atoms with Gasteiger partial charge in [-0.25, -0.2) is 0 Å². The minimum atomic E-state index is 0.505. The summed E-state index contributed by atoms with van der Waals surface area (Å²) in [4.78, 5) is 0. The molecule has 0 spiro atoms. The number of hydrogen-bond donors (Lipinski definition) is 1. The van der Waals surface area contributed by atoms with Crippen LogP contribution in [0, 0.1) is 11.8 Å². The molecular formula is C15H21Cl2N. The van der Waals surface area contributed by atoms with Crippen molar-refractivity contribution in [2.45, 2.75) is 38.6 Å². The normalized spacial score (nSPS) is 25.3. The summed E-state index contributed by atoms with van der Waals surface area (Å²) < 4.78 is 0. The molecule has 2 rings (SSSR count). The van der Waals surface area contributed by atoms with E-state index >= 15 is 0 Å². The Morgan fingerprint density at radius 3 is 2.72 bits per heavy atom. The molecule has 3 heteroatoms. The van der Waals surface area contributed by atoms with Crippen LogP contribution in [0.5, 0.6) is 0 Å². The first-order chi connectivity index (χ1) is 8.61. The Morgan fingerprint density at radius 2 is 2.11 bits per heavy atom. The highest BCUT2D eigenvalue weighted by Crippen LogP contribution is 2.35. The van der Waals surface area contributed by atoms with E-state index < -0.39 is 0 Å². The van der Waals surface area contributed by atoms with Gasteiger partial charge < -0.3 is 5.32 Å². The van der Waals surface area contributed by atoms with Gasteiger partial charge in [0.05, 0.1) is 10.0 Å². The molecule has 1 aromatic carbocycles. The van der Waals surface area contributed by atoms with Crippen LogP contribution in [0.25, 0.3) is 0 Å². The van der Waals surface area contributed by atoms with Gasteiger partial charge in [-0.1, -0.05) is 48.7 Å². The smallest absolute Gasteiger partial charge is 0.0624 e. The quantitative estimate of drug-likeness (QED) is 0.855. The molecule has 1 fully saturated rings. The second-order valence-electron chi connectivity index (χ2n) is 5.49. The van der Waals surface area contributed by atoms with Crippen LogP contribution >= 0.6 is 23.2 Å². The highest BCUT2D eigenvalue weighted by atomic mass is 35.5. The van der Waals surface area contributed by atoms with E-state index in [-0.39, 0.29) is 0 Å². The van der Waals surface area contributed by atoms with E-state index in [1.54, 1.807) is 0 Å². The lowest BCUT2D eigenvalue weighted by molar-refractivity contribution is 0.367. The summed E-state index contributed by atoms with van der Waals surface area (Å²) in [6.45, 7) is 2.35.